The maximum Gasteiger partial charge on any atom is 0.183 e. The number of nitrogens with zero attached hydrogens (tertiary/aromatic N) is 8. The predicted molar refractivity (Wildman–Crippen MR) is 157 cm³/mol. The number of aryl methyl sites for hydroxylation is 2. The number of piperidine rings is 1. The van der Waals surface area contributed by atoms with Gasteiger partial charge >= 0.3 is 0 Å². The van der Waals surface area contributed by atoms with Gasteiger partial charge in [-0.05, 0) is 51.2 Å². The molecule has 7 rings (SSSR count). The van der Waals surface area contributed by atoms with Crippen molar-refractivity contribution in [1.82, 2.24) is 34.9 Å². The normalized spacial score (nSPS) is 22.1. The Hall–Kier alpha value is -3.28. The molecule has 4 aromatic rings. The van der Waals surface area contributed by atoms with E-state index in [1.54, 1.807) is 0 Å². The van der Waals surface area contributed by atoms with Crippen molar-refractivity contribution in [3.63, 3.8) is 0 Å². The van der Waals surface area contributed by atoms with Crippen molar-refractivity contribution in [1.29, 1.82) is 0 Å². The van der Waals surface area contributed by atoms with E-state index in [1.807, 2.05) is 17.1 Å². The molecule has 40 heavy (non-hydrogen) atoms. The molecule has 0 aliphatic carbocycles. The summed E-state index contributed by atoms with van der Waals surface area (Å²) in [5, 5.41) is 12.3. The second kappa shape index (κ2) is 10.6. The van der Waals surface area contributed by atoms with E-state index in [1.165, 1.54) is 0 Å². The lowest BCUT2D eigenvalue weighted by Crippen LogP contribution is -2.50. The van der Waals surface area contributed by atoms with Gasteiger partial charge in [-0.25, -0.2) is 9.97 Å². The van der Waals surface area contributed by atoms with Crippen molar-refractivity contribution in [2.75, 3.05) is 36.0 Å². The van der Waals surface area contributed by atoms with Gasteiger partial charge in [-0.2, -0.15) is 10.2 Å². The van der Waals surface area contributed by atoms with Crippen LogP contribution < -0.4 is 15.5 Å². The minimum atomic E-state index is 0. The van der Waals surface area contributed by atoms with Crippen LogP contribution in [0.5, 0.6) is 0 Å². The topological polar surface area (TPSA) is 127 Å². The molecule has 11 nitrogen and oxygen atoms in total. The molecule has 2 atom stereocenters. The molecule has 4 aromatic heterocycles. The number of H-pyrrole nitrogens is 1. The monoisotopic (exact) mass is 564 g/mol. The maximum atomic E-state index is 6.51. The molecular weight excluding hydrogens is 528 g/mol. The summed E-state index contributed by atoms with van der Waals surface area (Å²) in [6.45, 7) is 8.57. The van der Waals surface area contributed by atoms with Crippen molar-refractivity contribution >= 4 is 40.9 Å². The number of halogens is 1. The summed E-state index contributed by atoms with van der Waals surface area (Å²) in [5.41, 5.74) is 12.2. The molecule has 1 spiro atoms. The van der Waals surface area contributed by atoms with E-state index in [4.69, 9.17) is 25.4 Å². The molecule has 0 amide bonds. The number of rotatable bonds is 5. The summed E-state index contributed by atoms with van der Waals surface area (Å²) in [6, 6.07) is 4.33. The Morgan fingerprint density at radius 3 is 2.77 bits per heavy atom. The number of aromatic amines is 1. The highest BCUT2D eigenvalue weighted by Gasteiger charge is 2.47. The van der Waals surface area contributed by atoms with Crippen LogP contribution in [0.2, 0.25) is 0 Å². The number of anilines is 3. The van der Waals surface area contributed by atoms with Crippen LogP contribution in [0.15, 0.2) is 30.7 Å². The SMILES string of the molecule is CCCn1cc(-c2ccc3c(n2)CCCN3c2n[nH]c3nc(N4CCC5(CC4)CO[C@@H](C)[C@H]5N)cnc23)cn1.Cl. The number of pyridine rings is 1. The zero-order valence-corrected chi connectivity index (χ0v) is 23.9. The number of fused-ring (bicyclic) bond motifs is 2. The predicted octanol–water partition coefficient (Wildman–Crippen LogP) is 3.86. The standard InChI is InChI=1S/C28H36N10O.ClH/c1-3-10-37-16-19(14-31-37)20-6-7-22-21(32-20)5-4-11-38(22)27-24-26(34-35-27)33-23(15-30-24)36-12-8-28(9-13-36)17-39-18(2)25(28)29;/h6-7,14-16,18,25H,3-5,8-13,17,29H2,1-2H3,(H,33,34,35);1H/t18-,25+;/m0./s1. The molecule has 0 radical (unpaired) electrons. The van der Waals surface area contributed by atoms with E-state index in [0.29, 0.717) is 5.65 Å². The fraction of sp³-hybridized carbons (Fsp3) is 0.536. The van der Waals surface area contributed by atoms with Crippen molar-refractivity contribution in [3.05, 3.63) is 36.4 Å². The largest absolute Gasteiger partial charge is 0.376 e. The summed E-state index contributed by atoms with van der Waals surface area (Å²) in [4.78, 5) is 19.3. The maximum absolute atomic E-state index is 6.51. The Kier molecular flexibility index (Phi) is 7.14. The molecule has 212 valence electrons. The number of nitrogens with one attached hydrogen (secondary N) is 1. The van der Waals surface area contributed by atoms with Crippen LogP contribution in [0.25, 0.3) is 22.4 Å². The number of ether oxygens (including phenoxy) is 1. The van der Waals surface area contributed by atoms with Gasteiger partial charge in [-0.3, -0.25) is 14.8 Å². The Bertz CT molecular complexity index is 1490. The van der Waals surface area contributed by atoms with Crippen molar-refractivity contribution in [2.24, 2.45) is 11.1 Å². The Morgan fingerprint density at radius 2 is 2.00 bits per heavy atom. The third-order valence-corrected chi connectivity index (χ3v) is 8.84. The van der Waals surface area contributed by atoms with Crippen molar-refractivity contribution < 1.29 is 4.74 Å². The van der Waals surface area contributed by atoms with Crippen LogP contribution in [0.1, 0.15) is 45.2 Å². The quantitative estimate of drug-likeness (QED) is 0.371. The van der Waals surface area contributed by atoms with Gasteiger partial charge in [0.2, 0.25) is 0 Å². The van der Waals surface area contributed by atoms with Gasteiger partial charge in [0.15, 0.2) is 17.0 Å². The first-order valence-electron chi connectivity index (χ1n) is 14.2. The van der Waals surface area contributed by atoms with Gasteiger partial charge in [0.25, 0.3) is 0 Å². The minimum absolute atomic E-state index is 0. The van der Waals surface area contributed by atoms with Gasteiger partial charge in [-0.15, -0.1) is 12.4 Å². The van der Waals surface area contributed by atoms with Crippen LogP contribution in [-0.4, -0.2) is 73.3 Å². The van der Waals surface area contributed by atoms with Crippen molar-refractivity contribution in [3.8, 4) is 11.3 Å². The van der Waals surface area contributed by atoms with Crippen LogP contribution in [0, 0.1) is 5.41 Å². The van der Waals surface area contributed by atoms with E-state index >= 15 is 0 Å². The Labute approximate surface area is 239 Å². The fourth-order valence-electron chi connectivity index (χ4n) is 6.45. The molecule has 3 aliphatic heterocycles. The molecule has 12 heteroatoms. The van der Waals surface area contributed by atoms with Gasteiger partial charge < -0.3 is 20.3 Å². The lowest BCUT2D eigenvalue weighted by atomic mass is 9.73. The minimum Gasteiger partial charge on any atom is -0.376 e. The number of hydrogen-bond donors (Lipinski definition) is 2. The number of hydrogen-bond acceptors (Lipinski definition) is 9. The average Bonchev–Trinajstić information content (AvgIpc) is 3.68. The molecule has 0 bridgehead atoms. The highest BCUT2D eigenvalue weighted by Crippen LogP contribution is 2.42. The zero-order valence-electron chi connectivity index (χ0n) is 23.1. The molecule has 0 aromatic carbocycles. The van der Waals surface area contributed by atoms with Gasteiger partial charge in [0.05, 0.1) is 42.2 Å². The smallest absolute Gasteiger partial charge is 0.183 e. The zero-order chi connectivity index (χ0) is 26.6. The van der Waals surface area contributed by atoms with Crippen LogP contribution in [0.3, 0.4) is 0 Å². The second-order valence-corrected chi connectivity index (χ2v) is 11.3. The van der Waals surface area contributed by atoms with Gasteiger partial charge in [0.1, 0.15) is 5.82 Å². The number of aromatic nitrogens is 7. The fourth-order valence-corrected chi connectivity index (χ4v) is 6.45. The summed E-state index contributed by atoms with van der Waals surface area (Å²) < 4.78 is 7.86. The summed E-state index contributed by atoms with van der Waals surface area (Å²) >= 11 is 0. The third kappa shape index (κ3) is 4.49. The first kappa shape index (κ1) is 26.9. The van der Waals surface area contributed by atoms with Crippen LogP contribution in [0.4, 0.5) is 17.3 Å². The van der Waals surface area contributed by atoms with E-state index < -0.39 is 0 Å². The van der Waals surface area contributed by atoms with Crippen LogP contribution >= 0.6 is 12.4 Å². The van der Waals surface area contributed by atoms with E-state index in [-0.39, 0.29) is 30.0 Å². The first-order valence-corrected chi connectivity index (χ1v) is 14.2. The van der Waals surface area contributed by atoms with Gasteiger partial charge in [0, 0.05) is 49.4 Å². The Balaban J connectivity index is 0.00000289. The van der Waals surface area contributed by atoms with Crippen molar-refractivity contribution in [2.45, 2.75) is 64.6 Å². The van der Waals surface area contributed by atoms with Crippen LogP contribution in [-0.2, 0) is 17.7 Å². The van der Waals surface area contributed by atoms with E-state index in [0.717, 1.165) is 105 Å². The molecule has 3 N–H and O–H groups in total. The summed E-state index contributed by atoms with van der Waals surface area (Å²) in [6.07, 6.45) is 11.0. The molecule has 0 saturated carbocycles. The first-order chi connectivity index (χ1) is 19.0. The molecule has 3 aliphatic rings. The molecule has 2 saturated heterocycles. The summed E-state index contributed by atoms with van der Waals surface area (Å²) in [7, 11) is 0. The Morgan fingerprint density at radius 1 is 1.15 bits per heavy atom. The lowest BCUT2D eigenvalue weighted by molar-refractivity contribution is 0.0974. The third-order valence-electron chi connectivity index (χ3n) is 8.84. The number of nitrogens with two attached hydrogens (primary N) is 1. The van der Waals surface area contributed by atoms with Gasteiger partial charge in [-0.1, -0.05) is 6.92 Å². The lowest BCUT2D eigenvalue weighted by Gasteiger charge is -2.41. The highest BCUT2D eigenvalue weighted by molar-refractivity contribution is 5.87. The second-order valence-electron chi connectivity index (χ2n) is 11.3. The molecule has 7 heterocycles. The average molecular weight is 565 g/mol. The highest BCUT2D eigenvalue weighted by atomic mass is 35.5. The molecular formula is C28H37ClN10O. The molecule has 2 fully saturated rings. The van der Waals surface area contributed by atoms with E-state index in [2.05, 4.69) is 57.3 Å². The molecule has 0 unspecified atom stereocenters. The van der Waals surface area contributed by atoms with E-state index in [9.17, 15) is 0 Å². The summed E-state index contributed by atoms with van der Waals surface area (Å²) in [5.74, 6) is 1.68.